The van der Waals surface area contributed by atoms with Crippen molar-refractivity contribution in [2.75, 3.05) is 65.0 Å². The second-order valence-electron chi connectivity index (χ2n) is 9.13. The molecule has 0 bridgehead atoms. The number of carbonyl (C=O) groups is 2. The van der Waals surface area contributed by atoms with Crippen LogP contribution in [0.25, 0.3) is 10.9 Å². The predicted molar refractivity (Wildman–Crippen MR) is 134 cm³/mol. The van der Waals surface area contributed by atoms with Crippen molar-refractivity contribution in [3.63, 3.8) is 0 Å². The molecule has 3 heterocycles. The van der Waals surface area contributed by atoms with Crippen LogP contribution < -0.4 is 14.4 Å². The molecule has 4 rings (SSSR count). The molecule has 9 heteroatoms. The second kappa shape index (κ2) is 11.1. The van der Waals surface area contributed by atoms with E-state index in [1.54, 1.807) is 27.3 Å². The first-order valence-electron chi connectivity index (χ1n) is 12.5. The van der Waals surface area contributed by atoms with Gasteiger partial charge < -0.3 is 24.0 Å². The van der Waals surface area contributed by atoms with Gasteiger partial charge in [-0.05, 0) is 45.2 Å². The number of piperazine rings is 1. The summed E-state index contributed by atoms with van der Waals surface area (Å²) in [5, 5.41) is 0.726. The first-order chi connectivity index (χ1) is 17.0. The normalized spacial score (nSPS) is 19.0. The largest absolute Gasteiger partial charge is 0.496 e. The molecule has 1 aromatic heterocycles. The maximum atomic E-state index is 12.9. The van der Waals surface area contributed by atoms with Crippen molar-refractivity contribution in [2.24, 2.45) is 0 Å². The number of ether oxygens (including phenoxy) is 3. The molecule has 1 atom stereocenters. The number of benzene rings is 1. The molecule has 2 fully saturated rings. The Morgan fingerprint density at radius 2 is 1.74 bits per heavy atom. The highest BCUT2D eigenvalue weighted by Gasteiger charge is 2.30. The van der Waals surface area contributed by atoms with E-state index in [4.69, 9.17) is 14.2 Å². The Bertz CT molecular complexity index is 1070. The van der Waals surface area contributed by atoms with E-state index in [-0.39, 0.29) is 12.5 Å². The van der Waals surface area contributed by atoms with Crippen LogP contribution in [0, 0.1) is 0 Å². The minimum absolute atomic E-state index is 0.207. The van der Waals surface area contributed by atoms with Crippen LogP contribution in [0.1, 0.15) is 43.5 Å². The fourth-order valence-electron chi connectivity index (χ4n) is 5.14. The average Bonchev–Trinajstić information content (AvgIpc) is 2.88. The molecule has 190 valence electrons. The molecule has 1 aromatic carbocycles. The lowest BCUT2D eigenvalue weighted by atomic mass is 10.0. The topological polar surface area (TPSA) is 84.4 Å². The van der Waals surface area contributed by atoms with Gasteiger partial charge in [0.2, 0.25) is 5.91 Å². The molecule has 2 saturated heterocycles. The highest BCUT2D eigenvalue weighted by atomic mass is 16.5. The number of likely N-dealkylation sites (tertiary alicyclic amines) is 1. The van der Waals surface area contributed by atoms with Crippen LogP contribution in [-0.2, 0) is 9.53 Å². The quantitative estimate of drug-likeness (QED) is 0.555. The van der Waals surface area contributed by atoms with Gasteiger partial charge >= 0.3 is 5.97 Å². The predicted octanol–water partition coefficient (Wildman–Crippen LogP) is 2.95. The summed E-state index contributed by atoms with van der Waals surface area (Å²) in [6.07, 6.45) is 4.92. The summed E-state index contributed by atoms with van der Waals surface area (Å²) >= 11 is 0. The van der Waals surface area contributed by atoms with E-state index in [1.165, 1.54) is 6.42 Å². The van der Waals surface area contributed by atoms with Crippen LogP contribution in [0.4, 0.5) is 5.69 Å². The number of hydrogen-bond acceptors (Lipinski definition) is 8. The van der Waals surface area contributed by atoms with Crippen molar-refractivity contribution in [3.8, 4) is 11.5 Å². The summed E-state index contributed by atoms with van der Waals surface area (Å²) < 4.78 is 16.6. The van der Waals surface area contributed by atoms with Crippen molar-refractivity contribution in [3.05, 3.63) is 23.9 Å². The van der Waals surface area contributed by atoms with Crippen molar-refractivity contribution >= 4 is 28.5 Å². The minimum atomic E-state index is -0.418. The van der Waals surface area contributed by atoms with Gasteiger partial charge in [0, 0.05) is 45.0 Å². The number of fused-ring (bicyclic) bond motifs is 1. The van der Waals surface area contributed by atoms with E-state index in [9.17, 15) is 9.59 Å². The number of nitrogens with zero attached hydrogens (tertiary/aromatic N) is 4. The van der Waals surface area contributed by atoms with Gasteiger partial charge in [0.25, 0.3) is 0 Å². The molecule has 1 unspecified atom stereocenters. The maximum Gasteiger partial charge on any atom is 0.341 e. The van der Waals surface area contributed by atoms with E-state index in [1.807, 2.05) is 17.0 Å². The molecule has 0 radical (unpaired) electrons. The summed E-state index contributed by atoms with van der Waals surface area (Å²) in [7, 11) is 3.20. The fraction of sp³-hybridized carbons (Fsp3) is 0.577. The van der Waals surface area contributed by atoms with Crippen LogP contribution in [0.2, 0.25) is 0 Å². The highest BCUT2D eigenvalue weighted by molar-refractivity contribution is 6.09. The first-order valence-corrected chi connectivity index (χ1v) is 12.5. The van der Waals surface area contributed by atoms with E-state index in [0.717, 1.165) is 30.5 Å². The molecule has 35 heavy (non-hydrogen) atoms. The Balaban J connectivity index is 1.61. The molecular formula is C26H36N4O5. The van der Waals surface area contributed by atoms with Gasteiger partial charge in [-0.1, -0.05) is 0 Å². The molecule has 0 spiro atoms. The molecule has 0 aliphatic carbocycles. The molecule has 2 aliphatic rings. The lowest BCUT2D eigenvalue weighted by molar-refractivity contribution is -0.135. The number of aromatic nitrogens is 1. The van der Waals surface area contributed by atoms with Gasteiger partial charge in [-0.25, -0.2) is 4.79 Å². The van der Waals surface area contributed by atoms with Crippen LogP contribution in [0.5, 0.6) is 11.5 Å². The zero-order valence-corrected chi connectivity index (χ0v) is 21.2. The second-order valence-corrected chi connectivity index (χ2v) is 9.13. The minimum Gasteiger partial charge on any atom is -0.496 e. The van der Waals surface area contributed by atoms with Crippen LogP contribution in [0.15, 0.2) is 18.3 Å². The molecule has 2 aromatic rings. The van der Waals surface area contributed by atoms with Gasteiger partial charge in [0.05, 0.1) is 38.4 Å². The van der Waals surface area contributed by atoms with Crippen molar-refractivity contribution in [1.82, 2.24) is 14.8 Å². The number of carbonyl (C=O) groups excluding carboxylic acids is 2. The number of methoxy groups -OCH3 is 2. The van der Waals surface area contributed by atoms with Crippen LogP contribution >= 0.6 is 0 Å². The number of hydrogen-bond donors (Lipinski definition) is 0. The zero-order chi connectivity index (χ0) is 24.9. The Kier molecular flexibility index (Phi) is 7.95. The number of anilines is 1. The standard InChI is InChI=1S/C26H36N4O5/c1-5-35-26(32)19-16-27-24-21(34-4)10-9-20(33-3)23(24)25(19)29-14-12-28(13-15-29)17-22(31)30-11-7-6-8-18(30)2/h9-10,16,18H,5-8,11-15,17H2,1-4H3. The van der Waals surface area contributed by atoms with Crippen LogP contribution in [-0.4, -0.2) is 92.8 Å². The lowest BCUT2D eigenvalue weighted by Crippen LogP contribution is -2.52. The molecule has 0 N–H and O–H groups in total. The summed E-state index contributed by atoms with van der Waals surface area (Å²) in [6.45, 7) is 8.24. The van der Waals surface area contributed by atoms with Crippen LogP contribution in [0.3, 0.4) is 0 Å². The summed E-state index contributed by atoms with van der Waals surface area (Å²) in [5.41, 5.74) is 1.77. The van der Waals surface area contributed by atoms with Gasteiger partial charge in [0.15, 0.2) is 0 Å². The van der Waals surface area contributed by atoms with Gasteiger partial charge in [0.1, 0.15) is 22.6 Å². The highest BCUT2D eigenvalue weighted by Crippen LogP contribution is 2.41. The fourth-order valence-corrected chi connectivity index (χ4v) is 5.14. The van der Waals surface area contributed by atoms with E-state index in [2.05, 4.69) is 21.7 Å². The molecule has 0 saturated carbocycles. The summed E-state index contributed by atoms with van der Waals surface area (Å²) in [4.78, 5) is 36.8. The average molecular weight is 485 g/mol. The first kappa shape index (κ1) is 25.0. The lowest BCUT2D eigenvalue weighted by Gasteiger charge is -2.39. The van der Waals surface area contributed by atoms with E-state index < -0.39 is 5.97 Å². The smallest absolute Gasteiger partial charge is 0.341 e. The van der Waals surface area contributed by atoms with Crippen molar-refractivity contribution in [1.29, 1.82) is 0 Å². The SMILES string of the molecule is CCOC(=O)c1cnc2c(OC)ccc(OC)c2c1N1CCN(CC(=O)N2CCCCC2C)CC1. The van der Waals surface area contributed by atoms with Crippen molar-refractivity contribution in [2.45, 2.75) is 39.2 Å². The number of esters is 1. The third-order valence-electron chi connectivity index (χ3n) is 7.02. The number of amides is 1. The third-order valence-corrected chi connectivity index (χ3v) is 7.02. The molecule has 1 amide bonds. The van der Waals surface area contributed by atoms with Gasteiger partial charge in [-0.15, -0.1) is 0 Å². The Morgan fingerprint density at radius 1 is 1.03 bits per heavy atom. The molecule has 2 aliphatic heterocycles. The Hall–Kier alpha value is -3.07. The van der Waals surface area contributed by atoms with Gasteiger partial charge in [-0.3, -0.25) is 14.7 Å². The molecular weight excluding hydrogens is 448 g/mol. The van der Waals surface area contributed by atoms with E-state index in [0.29, 0.717) is 61.3 Å². The summed E-state index contributed by atoms with van der Waals surface area (Å²) in [5.74, 6) is 1.01. The monoisotopic (exact) mass is 484 g/mol. The number of piperidine rings is 1. The third kappa shape index (κ3) is 5.15. The number of pyridine rings is 1. The summed E-state index contributed by atoms with van der Waals surface area (Å²) in [6, 6.07) is 3.96. The Labute approximate surface area is 206 Å². The molecule has 9 nitrogen and oxygen atoms in total. The Morgan fingerprint density at radius 3 is 2.40 bits per heavy atom. The van der Waals surface area contributed by atoms with Crippen molar-refractivity contribution < 1.29 is 23.8 Å². The zero-order valence-electron chi connectivity index (χ0n) is 21.2. The van der Waals surface area contributed by atoms with E-state index >= 15 is 0 Å². The van der Waals surface area contributed by atoms with Gasteiger partial charge in [-0.2, -0.15) is 0 Å². The number of rotatable bonds is 7. The maximum absolute atomic E-state index is 12.9.